The summed E-state index contributed by atoms with van der Waals surface area (Å²) in [5.41, 5.74) is 7.47. The fraction of sp³-hybridized carbons (Fsp3) is 0.200. The molecular formula is C30H27ClN4O4. The van der Waals surface area contributed by atoms with Gasteiger partial charge in [0.05, 0.1) is 10.7 Å². The van der Waals surface area contributed by atoms with E-state index in [1.165, 1.54) is 0 Å². The number of nitrogens with one attached hydrogen (secondary N) is 2. The molecule has 9 heteroatoms. The number of H-pyrrole nitrogens is 2. The number of aromatic amines is 2. The number of carboxylic acids is 1. The molecule has 0 spiro atoms. The maximum Gasteiger partial charge on any atom is 0.460 e. The van der Waals surface area contributed by atoms with Crippen LogP contribution in [-0.2, 0) is 12.8 Å². The summed E-state index contributed by atoms with van der Waals surface area (Å²) < 4.78 is 4.75. The Balaban J connectivity index is 1.50. The average molecular weight is 543 g/mol. The van der Waals surface area contributed by atoms with Crippen molar-refractivity contribution in [3.8, 4) is 33.8 Å². The van der Waals surface area contributed by atoms with Gasteiger partial charge in [0, 0.05) is 23.1 Å². The molecule has 0 fully saturated rings. The summed E-state index contributed by atoms with van der Waals surface area (Å²) in [6.07, 6.45) is 3.26. The molecule has 2 aromatic heterocycles. The molecule has 0 unspecified atom stereocenters. The normalized spacial score (nSPS) is 11.2. The minimum absolute atomic E-state index is 0.0427. The Morgan fingerprint density at radius 3 is 2.41 bits per heavy atom. The molecule has 5 rings (SSSR count). The van der Waals surface area contributed by atoms with Crippen LogP contribution in [-0.4, -0.2) is 31.4 Å². The molecule has 0 bridgehead atoms. The number of unbranched alkanes of at least 4 members (excludes halogenated alkanes) is 1. The third-order valence-corrected chi connectivity index (χ3v) is 7.29. The molecule has 0 saturated carbocycles. The lowest BCUT2D eigenvalue weighted by Gasteiger charge is -2.13. The van der Waals surface area contributed by atoms with E-state index in [1.807, 2.05) is 67.6 Å². The van der Waals surface area contributed by atoms with E-state index in [0.29, 0.717) is 28.5 Å². The number of aromatic carboxylic acids is 1. The molecule has 0 atom stereocenters. The van der Waals surface area contributed by atoms with Gasteiger partial charge in [0.2, 0.25) is 0 Å². The molecule has 3 N–H and O–H groups in total. The molecule has 0 radical (unpaired) electrons. The van der Waals surface area contributed by atoms with Gasteiger partial charge in [-0.15, -0.1) is 0 Å². The number of aryl methyl sites for hydroxylation is 1. The zero-order valence-electron chi connectivity index (χ0n) is 21.5. The monoisotopic (exact) mass is 542 g/mol. The fourth-order valence-electron chi connectivity index (χ4n) is 4.79. The van der Waals surface area contributed by atoms with E-state index >= 15 is 0 Å². The van der Waals surface area contributed by atoms with E-state index in [2.05, 4.69) is 27.3 Å². The Labute approximate surface area is 229 Å². The molecular weight excluding hydrogens is 516 g/mol. The standard InChI is InChI=1S/C30H27ClN4O4/c1-3-4-7-20-17(2)10-15-23(25(20)31)26-24(27(29(36)37)34-33-26)16-18-11-13-19(14-12-18)21-8-5-6-9-22(21)28-32-30(38)39-35-28/h5-6,8-15H,3-4,7,16H2,1-2H3,(H,33,34)(H,36,37)(H,32,35,38). The Kier molecular flexibility index (Phi) is 7.47. The highest BCUT2D eigenvalue weighted by molar-refractivity contribution is 6.34. The third-order valence-electron chi connectivity index (χ3n) is 6.86. The van der Waals surface area contributed by atoms with Gasteiger partial charge in [-0.2, -0.15) is 15.2 Å². The molecule has 3 aromatic carbocycles. The predicted molar refractivity (Wildman–Crippen MR) is 150 cm³/mol. The van der Waals surface area contributed by atoms with Crippen molar-refractivity contribution in [2.75, 3.05) is 0 Å². The van der Waals surface area contributed by atoms with Crippen LogP contribution >= 0.6 is 11.6 Å². The average Bonchev–Trinajstić information content (AvgIpc) is 3.55. The second-order valence-corrected chi connectivity index (χ2v) is 9.78. The molecule has 5 aromatic rings. The van der Waals surface area contributed by atoms with Gasteiger partial charge in [-0.25, -0.2) is 9.59 Å². The van der Waals surface area contributed by atoms with Gasteiger partial charge in [0.15, 0.2) is 5.82 Å². The molecule has 0 saturated heterocycles. The lowest BCUT2D eigenvalue weighted by atomic mass is 9.93. The largest absolute Gasteiger partial charge is 0.477 e. The van der Waals surface area contributed by atoms with Crippen LogP contribution in [0.5, 0.6) is 0 Å². The number of carbonyl (C=O) groups is 1. The second-order valence-electron chi connectivity index (χ2n) is 9.41. The molecule has 0 aliphatic carbocycles. The lowest BCUT2D eigenvalue weighted by Crippen LogP contribution is -2.03. The van der Waals surface area contributed by atoms with Crippen LogP contribution in [0.15, 0.2) is 70.0 Å². The van der Waals surface area contributed by atoms with Gasteiger partial charge in [0.25, 0.3) is 0 Å². The number of benzene rings is 3. The SMILES string of the molecule is CCCCc1c(C)ccc(-c2n[nH]c(C(=O)O)c2Cc2ccc(-c3ccccc3-c3nc(=O)o[nH]3)cc2)c1Cl. The summed E-state index contributed by atoms with van der Waals surface area (Å²) in [6.45, 7) is 4.17. The zero-order valence-corrected chi connectivity index (χ0v) is 22.3. The quantitative estimate of drug-likeness (QED) is 0.191. The molecule has 0 aliphatic rings. The van der Waals surface area contributed by atoms with Crippen LogP contribution in [0.4, 0.5) is 0 Å². The summed E-state index contributed by atoms with van der Waals surface area (Å²) in [5.74, 6) is -1.42. The summed E-state index contributed by atoms with van der Waals surface area (Å²) in [6, 6.07) is 19.3. The van der Waals surface area contributed by atoms with Crippen molar-refractivity contribution in [3.05, 3.63) is 104 Å². The Morgan fingerprint density at radius 2 is 1.74 bits per heavy atom. The van der Waals surface area contributed by atoms with Crippen molar-refractivity contribution >= 4 is 17.6 Å². The Hall–Kier alpha value is -4.43. The maximum absolute atomic E-state index is 12.1. The number of nitrogens with zero attached hydrogens (tertiary/aromatic N) is 2. The highest BCUT2D eigenvalue weighted by Crippen LogP contribution is 2.36. The number of hydrogen-bond donors (Lipinski definition) is 3. The van der Waals surface area contributed by atoms with Crippen molar-refractivity contribution < 1.29 is 14.4 Å². The molecule has 198 valence electrons. The number of carboxylic acid groups (broad SMARTS) is 1. The topological polar surface area (TPSA) is 125 Å². The smallest absolute Gasteiger partial charge is 0.460 e. The lowest BCUT2D eigenvalue weighted by molar-refractivity contribution is 0.0689. The first kappa shape index (κ1) is 26.2. The summed E-state index contributed by atoms with van der Waals surface area (Å²) >= 11 is 6.87. The van der Waals surface area contributed by atoms with Crippen LogP contribution < -0.4 is 5.76 Å². The minimum atomic E-state index is -1.08. The highest BCUT2D eigenvalue weighted by Gasteiger charge is 2.23. The molecule has 8 nitrogen and oxygen atoms in total. The fourth-order valence-corrected chi connectivity index (χ4v) is 5.19. The van der Waals surface area contributed by atoms with Crippen molar-refractivity contribution in [1.82, 2.24) is 20.3 Å². The van der Waals surface area contributed by atoms with Crippen molar-refractivity contribution in [2.24, 2.45) is 0 Å². The second kappa shape index (κ2) is 11.1. The van der Waals surface area contributed by atoms with Gasteiger partial charge in [0.1, 0.15) is 5.69 Å². The Morgan fingerprint density at radius 1 is 1.00 bits per heavy atom. The van der Waals surface area contributed by atoms with E-state index in [-0.39, 0.29) is 5.69 Å². The van der Waals surface area contributed by atoms with Crippen LogP contribution in [0.2, 0.25) is 5.02 Å². The molecule has 2 heterocycles. The van der Waals surface area contributed by atoms with Gasteiger partial charge >= 0.3 is 11.7 Å². The number of aromatic nitrogens is 4. The highest BCUT2D eigenvalue weighted by atomic mass is 35.5. The molecule has 39 heavy (non-hydrogen) atoms. The summed E-state index contributed by atoms with van der Waals surface area (Å²) in [5, 5.41) is 20.2. The van der Waals surface area contributed by atoms with E-state index in [0.717, 1.165) is 58.2 Å². The van der Waals surface area contributed by atoms with Gasteiger partial charge < -0.3 is 9.63 Å². The predicted octanol–water partition coefficient (Wildman–Crippen LogP) is 6.68. The third kappa shape index (κ3) is 5.28. The summed E-state index contributed by atoms with van der Waals surface area (Å²) in [7, 11) is 0. The van der Waals surface area contributed by atoms with Crippen molar-refractivity contribution in [3.63, 3.8) is 0 Å². The van der Waals surface area contributed by atoms with Gasteiger partial charge in [-0.3, -0.25) is 5.10 Å². The first-order chi connectivity index (χ1) is 18.9. The first-order valence-corrected chi connectivity index (χ1v) is 13.1. The van der Waals surface area contributed by atoms with E-state index in [9.17, 15) is 14.7 Å². The molecule has 0 aliphatic heterocycles. The number of hydrogen-bond acceptors (Lipinski definition) is 5. The van der Waals surface area contributed by atoms with E-state index < -0.39 is 11.7 Å². The molecule has 0 amide bonds. The van der Waals surface area contributed by atoms with E-state index in [4.69, 9.17) is 16.1 Å². The first-order valence-electron chi connectivity index (χ1n) is 12.7. The van der Waals surface area contributed by atoms with Gasteiger partial charge in [-0.05, 0) is 47.6 Å². The van der Waals surface area contributed by atoms with Crippen LogP contribution in [0, 0.1) is 6.92 Å². The Bertz CT molecular complexity index is 1700. The van der Waals surface area contributed by atoms with E-state index in [1.54, 1.807) is 0 Å². The van der Waals surface area contributed by atoms with Gasteiger partial charge in [-0.1, -0.05) is 85.6 Å². The number of rotatable bonds is 9. The minimum Gasteiger partial charge on any atom is -0.477 e. The van der Waals surface area contributed by atoms with Crippen molar-refractivity contribution in [1.29, 1.82) is 0 Å². The van der Waals surface area contributed by atoms with Crippen LogP contribution in [0.25, 0.3) is 33.8 Å². The maximum atomic E-state index is 12.1. The van der Waals surface area contributed by atoms with Crippen LogP contribution in [0.3, 0.4) is 0 Å². The number of halogens is 1. The summed E-state index contributed by atoms with van der Waals surface area (Å²) in [4.78, 5) is 27.4. The van der Waals surface area contributed by atoms with Crippen molar-refractivity contribution in [2.45, 2.75) is 39.5 Å². The zero-order chi connectivity index (χ0) is 27.5. The van der Waals surface area contributed by atoms with Crippen LogP contribution in [0.1, 0.15) is 52.5 Å².